The first-order valence-corrected chi connectivity index (χ1v) is 10.7. The van der Waals surface area contributed by atoms with Gasteiger partial charge >= 0.3 is 0 Å². The van der Waals surface area contributed by atoms with Gasteiger partial charge in [0.15, 0.2) is 5.96 Å². The molecule has 158 valence electrons. The lowest BCUT2D eigenvalue weighted by atomic mass is 10.1. The Kier molecular flexibility index (Phi) is 10.1. The number of halogens is 1. The van der Waals surface area contributed by atoms with E-state index in [0.29, 0.717) is 22.7 Å². The fraction of sp³-hybridized carbons (Fsp3) is 0.667. The molecule has 0 saturated carbocycles. The van der Waals surface area contributed by atoms with Gasteiger partial charge in [-0.15, -0.1) is 0 Å². The number of aliphatic hydroxyl groups excluding tert-OH is 1. The van der Waals surface area contributed by atoms with Crippen LogP contribution in [0, 0.1) is 0 Å². The van der Waals surface area contributed by atoms with E-state index in [1.807, 2.05) is 25.1 Å². The number of aliphatic imine (C=N–C) groups is 1. The number of benzene rings is 1. The number of hydrogen-bond acceptors (Lipinski definition) is 4. The van der Waals surface area contributed by atoms with Crippen molar-refractivity contribution in [3.05, 3.63) is 34.9 Å². The standard InChI is InChI=1S/C21H35ClN4O2/c1-4-23-21(24-15-20(27)18-7-5-6-8-19(18)22)25-17-9-11-26(12-10-17)13-14-28-16(2)3/h5-8,16-17,20,27H,4,9-15H2,1-3H3,(H2,23,24,25). The van der Waals surface area contributed by atoms with Crippen molar-refractivity contribution >= 4 is 17.6 Å². The van der Waals surface area contributed by atoms with Crippen LogP contribution < -0.4 is 10.6 Å². The fourth-order valence-electron chi connectivity index (χ4n) is 3.25. The molecule has 0 spiro atoms. The van der Waals surface area contributed by atoms with Gasteiger partial charge in [0.05, 0.1) is 19.3 Å². The summed E-state index contributed by atoms with van der Waals surface area (Å²) in [7, 11) is 0. The lowest BCUT2D eigenvalue weighted by molar-refractivity contribution is 0.0532. The minimum atomic E-state index is -0.716. The molecule has 1 aliphatic heterocycles. The molecule has 1 heterocycles. The van der Waals surface area contributed by atoms with E-state index in [1.54, 1.807) is 6.07 Å². The second-order valence-corrected chi connectivity index (χ2v) is 7.84. The normalized spacial score (nSPS) is 17.7. The van der Waals surface area contributed by atoms with Gasteiger partial charge in [-0.25, -0.2) is 0 Å². The highest BCUT2D eigenvalue weighted by atomic mass is 35.5. The van der Waals surface area contributed by atoms with E-state index < -0.39 is 6.10 Å². The summed E-state index contributed by atoms with van der Waals surface area (Å²) in [4.78, 5) is 7.02. The Morgan fingerprint density at radius 3 is 2.68 bits per heavy atom. The number of aliphatic hydroxyl groups is 1. The number of rotatable bonds is 9. The van der Waals surface area contributed by atoms with E-state index in [2.05, 4.69) is 34.4 Å². The molecule has 1 aromatic carbocycles. The van der Waals surface area contributed by atoms with E-state index in [-0.39, 0.29) is 6.54 Å². The minimum Gasteiger partial charge on any atom is -0.386 e. The molecule has 1 atom stereocenters. The number of likely N-dealkylation sites (tertiary alicyclic amines) is 1. The number of ether oxygens (including phenoxy) is 1. The SMILES string of the molecule is CCNC(=NCC(O)c1ccccc1Cl)NC1CCN(CCOC(C)C)CC1. The van der Waals surface area contributed by atoms with Crippen molar-refractivity contribution in [2.24, 2.45) is 4.99 Å². The molecule has 3 N–H and O–H groups in total. The number of nitrogens with zero attached hydrogens (tertiary/aromatic N) is 2. The zero-order valence-electron chi connectivity index (χ0n) is 17.3. The van der Waals surface area contributed by atoms with E-state index >= 15 is 0 Å². The van der Waals surface area contributed by atoms with E-state index in [1.165, 1.54) is 0 Å². The Labute approximate surface area is 174 Å². The van der Waals surface area contributed by atoms with Crippen LogP contribution >= 0.6 is 11.6 Å². The summed E-state index contributed by atoms with van der Waals surface area (Å²) in [5.41, 5.74) is 0.709. The van der Waals surface area contributed by atoms with Gasteiger partial charge < -0.3 is 25.4 Å². The Hall–Kier alpha value is -1.34. The maximum atomic E-state index is 10.4. The molecule has 1 unspecified atom stereocenters. The lowest BCUT2D eigenvalue weighted by Crippen LogP contribution is -2.49. The average Bonchev–Trinajstić information content (AvgIpc) is 2.67. The van der Waals surface area contributed by atoms with Crippen LogP contribution in [0.4, 0.5) is 0 Å². The second-order valence-electron chi connectivity index (χ2n) is 7.44. The predicted octanol–water partition coefficient (Wildman–Crippen LogP) is 2.82. The van der Waals surface area contributed by atoms with Crippen LogP contribution in [0.3, 0.4) is 0 Å². The second kappa shape index (κ2) is 12.3. The third-order valence-electron chi connectivity index (χ3n) is 4.82. The molecule has 1 aliphatic rings. The van der Waals surface area contributed by atoms with Crippen LogP contribution in [0.15, 0.2) is 29.3 Å². The summed E-state index contributed by atoms with van der Waals surface area (Å²) < 4.78 is 5.65. The molecule has 2 rings (SSSR count). The van der Waals surface area contributed by atoms with Gasteiger partial charge in [0.25, 0.3) is 0 Å². The first-order chi connectivity index (χ1) is 13.5. The van der Waals surface area contributed by atoms with Crippen LogP contribution in [0.25, 0.3) is 0 Å². The molecule has 0 aliphatic carbocycles. The first-order valence-electron chi connectivity index (χ1n) is 10.3. The molecule has 0 amide bonds. The molecule has 1 fully saturated rings. The van der Waals surface area contributed by atoms with E-state index in [0.717, 1.165) is 51.6 Å². The van der Waals surface area contributed by atoms with Gasteiger partial charge in [-0.05, 0) is 39.7 Å². The Bertz CT molecular complexity index is 604. The van der Waals surface area contributed by atoms with Gasteiger partial charge in [-0.1, -0.05) is 29.8 Å². The number of nitrogens with one attached hydrogen (secondary N) is 2. The van der Waals surface area contributed by atoms with Crippen molar-refractivity contribution in [1.29, 1.82) is 0 Å². The highest BCUT2D eigenvalue weighted by Gasteiger charge is 2.20. The summed E-state index contributed by atoms with van der Waals surface area (Å²) in [6.07, 6.45) is 1.71. The maximum absolute atomic E-state index is 10.4. The van der Waals surface area contributed by atoms with Crippen molar-refractivity contribution in [2.45, 2.75) is 51.9 Å². The average molecular weight is 411 g/mol. The number of guanidine groups is 1. The molecular weight excluding hydrogens is 376 g/mol. The summed E-state index contributed by atoms with van der Waals surface area (Å²) in [5.74, 6) is 0.746. The third kappa shape index (κ3) is 7.95. The zero-order valence-corrected chi connectivity index (χ0v) is 18.1. The van der Waals surface area contributed by atoms with Crippen LogP contribution in [0.5, 0.6) is 0 Å². The van der Waals surface area contributed by atoms with Gasteiger partial charge in [0.1, 0.15) is 6.10 Å². The molecular formula is C21H35ClN4O2. The highest BCUT2D eigenvalue weighted by molar-refractivity contribution is 6.31. The minimum absolute atomic E-state index is 0.268. The summed E-state index contributed by atoms with van der Waals surface area (Å²) >= 11 is 6.16. The van der Waals surface area contributed by atoms with E-state index in [9.17, 15) is 5.11 Å². The molecule has 28 heavy (non-hydrogen) atoms. The van der Waals surface area contributed by atoms with Crippen molar-refractivity contribution in [3.8, 4) is 0 Å². The zero-order chi connectivity index (χ0) is 20.4. The van der Waals surface area contributed by atoms with Crippen molar-refractivity contribution < 1.29 is 9.84 Å². The Morgan fingerprint density at radius 1 is 1.32 bits per heavy atom. The monoisotopic (exact) mass is 410 g/mol. The lowest BCUT2D eigenvalue weighted by Gasteiger charge is -2.33. The van der Waals surface area contributed by atoms with Crippen molar-refractivity contribution in [3.63, 3.8) is 0 Å². The molecule has 6 nitrogen and oxygen atoms in total. The maximum Gasteiger partial charge on any atom is 0.191 e. The van der Waals surface area contributed by atoms with Gasteiger partial charge in [-0.2, -0.15) is 0 Å². The Balaban J connectivity index is 1.81. The molecule has 1 saturated heterocycles. The fourth-order valence-corrected chi connectivity index (χ4v) is 3.51. The first kappa shape index (κ1) is 22.9. The van der Waals surface area contributed by atoms with Crippen molar-refractivity contribution in [2.75, 3.05) is 39.3 Å². The van der Waals surface area contributed by atoms with Gasteiger partial charge in [-0.3, -0.25) is 4.99 Å². The molecule has 7 heteroatoms. The largest absolute Gasteiger partial charge is 0.386 e. The van der Waals surface area contributed by atoms with Gasteiger partial charge in [0, 0.05) is 42.8 Å². The summed E-state index contributed by atoms with van der Waals surface area (Å²) in [6, 6.07) is 7.74. The Morgan fingerprint density at radius 2 is 2.04 bits per heavy atom. The molecule has 0 radical (unpaired) electrons. The topological polar surface area (TPSA) is 69.1 Å². The number of piperidine rings is 1. The predicted molar refractivity (Wildman–Crippen MR) is 116 cm³/mol. The number of hydrogen-bond donors (Lipinski definition) is 3. The van der Waals surface area contributed by atoms with Crippen molar-refractivity contribution in [1.82, 2.24) is 15.5 Å². The van der Waals surface area contributed by atoms with Crippen LogP contribution in [-0.4, -0.2) is 67.4 Å². The third-order valence-corrected chi connectivity index (χ3v) is 5.16. The van der Waals surface area contributed by atoms with Crippen LogP contribution in [0.2, 0.25) is 5.02 Å². The summed E-state index contributed by atoms with van der Waals surface area (Å²) in [6.45, 7) is 11.1. The highest BCUT2D eigenvalue weighted by Crippen LogP contribution is 2.22. The van der Waals surface area contributed by atoms with Gasteiger partial charge in [0.2, 0.25) is 0 Å². The van der Waals surface area contributed by atoms with E-state index in [4.69, 9.17) is 16.3 Å². The molecule has 1 aromatic rings. The smallest absolute Gasteiger partial charge is 0.191 e. The molecule has 0 aromatic heterocycles. The molecule has 0 bridgehead atoms. The quantitative estimate of drug-likeness (QED) is 0.431. The summed E-state index contributed by atoms with van der Waals surface area (Å²) in [5, 5.41) is 17.8. The van der Waals surface area contributed by atoms with Crippen LogP contribution in [-0.2, 0) is 4.74 Å². The van der Waals surface area contributed by atoms with Crippen LogP contribution in [0.1, 0.15) is 45.3 Å².